The number of ether oxygens (including phenoxy) is 1. The van der Waals surface area contributed by atoms with Crippen molar-refractivity contribution < 1.29 is 4.74 Å². The van der Waals surface area contributed by atoms with Crippen molar-refractivity contribution in [1.29, 1.82) is 0 Å². The minimum Gasteiger partial charge on any atom is -0.375 e. The van der Waals surface area contributed by atoms with Crippen molar-refractivity contribution in [3.63, 3.8) is 0 Å². The number of rotatable bonds is 4. The predicted molar refractivity (Wildman–Crippen MR) is 66.5 cm³/mol. The lowest BCUT2D eigenvalue weighted by Gasteiger charge is -2.41. The first-order chi connectivity index (χ1) is 7.62. The number of nitrogens with two attached hydrogens (primary N) is 1. The summed E-state index contributed by atoms with van der Waals surface area (Å²) in [4.78, 5) is 2.58. The summed E-state index contributed by atoms with van der Waals surface area (Å²) in [5, 5.41) is 0. The molecule has 0 aromatic rings. The molecule has 94 valence electrons. The van der Waals surface area contributed by atoms with Crippen LogP contribution in [0.2, 0.25) is 0 Å². The first-order valence-electron chi connectivity index (χ1n) is 6.77. The number of fused-ring (bicyclic) bond motifs is 1. The maximum atomic E-state index is 6.36. The molecule has 0 aromatic carbocycles. The molecule has 0 radical (unpaired) electrons. The van der Waals surface area contributed by atoms with E-state index in [4.69, 9.17) is 10.5 Å². The zero-order chi connectivity index (χ0) is 11.6. The Hall–Kier alpha value is -0.120. The molecule has 1 saturated carbocycles. The molecule has 2 aliphatic rings. The van der Waals surface area contributed by atoms with Crippen molar-refractivity contribution in [2.75, 3.05) is 19.7 Å². The number of nitrogens with zero attached hydrogens (tertiary/aromatic N) is 1. The highest BCUT2D eigenvalue weighted by Gasteiger charge is 2.37. The largest absolute Gasteiger partial charge is 0.375 e. The second kappa shape index (κ2) is 5.03. The highest BCUT2D eigenvalue weighted by molar-refractivity contribution is 4.93. The van der Waals surface area contributed by atoms with Crippen LogP contribution >= 0.6 is 0 Å². The van der Waals surface area contributed by atoms with Crippen LogP contribution in [0, 0.1) is 0 Å². The van der Waals surface area contributed by atoms with Crippen molar-refractivity contribution in [2.45, 2.75) is 63.6 Å². The number of hydrogen-bond donors (Lipinski definition) is 1. The summed E-state index contributed by atoms with van der Waals surface area (Å²) in [5.74, 6) is 0. The minimum absolute atomic E-state index is 0.0285. The molecule has 1 heterocycles. The molecule has 1 aliphatic carbocycles. The summed E-state index contributed by atoms with van der Waals surface area (Å²) in [6, 6.07) is 0.647. The van der Waals surface area contributed by atoms with Crippen LogP contribution < -0.4 is 5.73 Å². The van der Waals surface area contributed by atoms with Gasteiger partial charge >= 0.3 is 0 Å². The zero-order valence-electron chi connectivity index (χ0n) is 10.7. The van der Waals surface area contributed by atoms with Crippen LogP contribution in [0.15, 0.2) is 0 Å². The molecule has 2 N–H and O–H groups in total. The van der Waals surface area contributed by atoms with Gasteiger partial charge in [0, 0.05) is 24.7 Å². The van der Waals surface area contributed by atoms with Crippen LogP contribution in [0.3, 0.4) is 0 Å². The highest BCUT2D eigenvalue weighted by atomic mass is 16.5. The second-order valence-electron chi connectivity index (χ2n) is 5.78. The molecular formula is C13H26N2O. The third-order valence-corrected chi connectivity index (χ3v) is 3.98. The SMILES string of the molecule is CCCC(C)(N)CN1CCOC2CCCC21. The van der Waals surface area contributed by atoms with Crippen LogP contribution in [0.5, 0.6) is 0 Å². The average molecular weight is 226 g/mol. The summed E-state index contributed by atoms with van der Waals surface area (Å²) in [6.45, 7) is 7.39. The van der Waals surface area contributed by atoms with Crippen LogP contribution in [0.4, 0.5) is 0 Å². The van der Waals surface area contributed by atoms with E-state index < -0.39 is 0 Å². The van der Waals surface area contributed by atoms with E-state index in [1.165, 1.54) is 25.7 Å². The Kier molecular flexibility index (Phi) is 3.88. The van der Waals surface area contributed by atoms with Crippen LogP contribution in [0.25, 0.3) is 0 Å². The van der Waals surface area contributed by atoms with Crippen LogP contribution in [-0.2, 0) is 4.74 Å². The first kappa shape index (κ1) is 12.3. The summed E-state index contributed by atoms with van der Waals surface area (Å²) in [5.41, 5.74) is 6.33. The quantitative estimate of drug-likeness (QED) is 0.794. The normalized spacial score (nSPS) is 34.7. The van der Waals surface area contributed by atoms with E-state index in [2.05, 4.69) is 18.7 Å². The van der Waals surface area contributed by atoms with E-state index in [-0.39, 0.29) is 5.54 Å². The molecule has 0 spiro atoms. The summed E-state index contributed by atoms with van der Waals surface area (Å²) < 4.78 is 5.82. The topological polar surface area (TPSA) is 38.5 Å². The lowest BCUT2D eigenvalue weighted by Crippen LogP contribution is -2.56. The van der Waals surface area contributed by atoms with E-state index in [1.807, 2.05) is 0 Å². The van der Waals surface area contributed by atoms with Crippen molar-refractivity contribution >= 4 is 0 Å². The third-order valence-electron chi connectivity index (χ3n) is 3.98. The lowest BCUT2D eigenvalue weighted by molar-refractivity contribution is -0.0615. The molecular weight excluding hydrogens is 200 g/mol. The molecule has 3 heteroatoms. The Balaban J connectivity index is 1.92. The molecule has 3 nitrogen and oxygen atoms in total. The molecule has 0 aromatic heterocycles. The van der Waals surface area contributed by atoms with Gasteiger partial charge in [-0.2, -0.15) is 0 Å². The van der Waals surface area contributed by atoms with Crippen molar-refractivity contribution in [2.24, 2.45) is 5.73 Å². The van der Waals surface area contributed by atoms with Gasteiger partial charge in [-0.15, -0.1) is 0 Å². The van der Waals surface area contributed by atoms with Gasteiger partial charge < -0.3 is 10.5 Å². The first-order valence-corrected chi connectivity index (χ1v) is 6.77. The van der Waals surface area contributed by atoms with E-state index in [0.29, 0.717) is 12.1 Å². The molecule has 3 unspecified atom stereocenters. The Morgan fingerprint density at radius 2 is 2.25 bits per heavy atom. The molecule has 16 heavy (non-hydrogen) atoms. The van der Waals surface area contributed by atoms with Crippen LogP contribution in [0.1, 0.15) is 46.0 Å². The van der Waals surface area contributed by atoms with E-state index >= 15 is 0 Å². The van der Waals surface area contributed by atoms with Crippen LogP contribution in [-0.4, -0.2) is 42.3 Å². The lowest BCUT2D eigenvalue weighted by atomic mass is 9.95. The zero-order valence-corrected chi connectivity index (χ0v) is 10.7. The molecule has 1 saturated heterocycles. The number of hydrogen-bond acceptors (Lipinski definition) is 3. The summed E-state index contributed by atoms with van der Waals surface area (Å²) in [6.07, 6.45) is 6.64. The molecule has 0 amide bonds. The maximum Gasteiger partial charge on any atom is 0.0730 e. The van der Waals surface area contributed by atoms with E-state index in [9.17, 15) is 0 Å². The van der Waals surface area contributed by atoms with Gasteiger partial charge in [-0.1, -0.05) is 13.3 Å². The molecule has 0 bridgehead atoms. The van der Waals surface area contributed by atoms with Gasteiger partial charge in [-0.3, -0.25) is 4.90 Å². The van der Waals surface area contributed by atoms with Crippen molar-refractivity contribution in [3.05, 3.63) is 0 Å². The Morgan fingerprint density at radius 3 is 3.00 bits per heavy atom. The average Bonchev–Trinajstić information content (AvgIpc) is 2.65. The minimum atomic E-state index is -0.0285. The number of morpholine rings is 1. The molecule has 2 rings (SSSR count). The van der Waals surface area contributed by atoms with Crippen molar-refractivity contribution in [1.82, 2.24) is 4.90 Å². The monoisotopic (exact) mass is 226 g/mol. The third kappa shape index (κ3) is 2.76. The standard InChI is InChI=1S/C13H26N2O/c1-3-7-13(2,14)10-15-8-9-16-12-6-4-5-11(12)15/h11-12H,3-10,14H2,1-2H3. The Bertz CT molecular complexity index is 230. The summed E-state index contributed by atoms with van der Waals surface area (Å²) in [7, 11) is 0. The van der Waals surface area contributed by atoms with Crippen molar-refractivity contribution in [3.8, 4) is 0 Å². The molecule has 1 aliphatic heterocycles. The van der Waals surface area contributed by atoms with E-state index in [0.717, 1.165) is 26.1 Å². The van der Waals surface area contributed by atoms with E-state index in [1.54, 1.807) is 0 Å². The molecule has 2 fully saturated rings. The van der Waals surface area contributed by atoms with Gasteiger partial charge in [0.1, 0.15) is 0 Å². The highest BCUT2D eigenvalue weighted by Crippen LogP contribution is 2.30. The van der Waals surface area contributed by atoms with Gasteiger partial charge in [-0.05, 0) is 32.6 Å². The predicted octanol–water partition coefficient (Wildman–Crippen LogP) is 1.76. The van der Waals surface area contributed by atoms with Gasteiger partial charge in [0.15, 0.2) is 0 Å². The fourth-order valence-corrected chi connectivity index (χ4v) is 3.32. The smallest absolute Gasteiger partial charge is 0.0730 e. The summed E-state index contributed by atoms with van der Waals surface area (Å²) >= 11 is 0. The maximum absolute atomic E-state index is 6.36. The Labute approximate surface area is 99.3 Å². The van der Waals surface area contributed by atoms with Gasteiger partial charge in [0.2, 0.25) is 0 Å². The molecule has 3 atom stereocenters. The fraction of sp³-hybridized carbons (Fsp3) is 1.00. The van der Waals surface area contributed by atoms with Gasteiger partial charge in [0.25, 0.3) is 0 Å². The fourth-order valence-electron chi connectivity index (χ4n) is 3.32. The second-order valence-corrected chi connectivity index (χ2v) is 5.78. The Morgan fingerprint density at radius 1 is 1.44 bits per heavy atom. The van der Waals surface area contributed by atoms with Gasteiger partial charge in [-0.25, -0.2) is 0 Å². The van der Waals surface area contributed by atoms with Gasteiger partial charge in [0.05, 0.1) is 12.7 Å².